The summed E-state index contributed by atoms with van der Waals surface area (Å²) in [5.74, 6) is -0.304. The smallest absolute Gasteiger partial charge is 0.251 e. The van der Waals surface area contributed by atoms with E-state index in [2.05, 4.69) is 15.6 Å². The lowest BCUT2D eigenvalue weighted by Crippen LogP contribution is -2.28. The normalized spacial score (nSPS) is 12.3. The Balaban J connectivity index is 2.08. The summed E-state index contributed by atoms with van der Waals surface area (Å²) in [5, 5.41) is 5.74. The van der Waals surface area contributed by atoms with Crippen LogP contribution in [0.1, 0.15) is 49.8 Å². The number of benzene rings is 1. The van der Waals surface area contributed by atoms with Gasteiger partial charge in [0, 0.05) is 22.9 Å². The summed E-state index contributed by atoms with van der Waals surface area (Å²) >= 11 is 0. The van der Waals surface area contributed by atoms with Gasteiger partial charge >= 0.3 is 0 Å². The predicted molar refractivity (Wildman–Crippen MR) is 94.6 cm³/mol. The highest BCUT2D eigenvalue weighted by atomic mass is 16.2. The van der Waals surface area contributed by atoms with Gasteiger partial charge in [0.2, 0.25) is 5.91 Å². The van der Waals surface area contributed by atoms with Gasteiger partial charge < -0.3 is 10.6 Å². The van der Waals surface area contributed by atoms with Crippen LogP contribution in [0, 0.1) is 5.41 Å². The average molecular weight is 325 g/mol. The number of amides is 2. The van der Waals surface area contributed by atoms with E-state index in [1.54, 1.807) is 30.5 Å². The second kappa shape index (κ2) is 7.25. The lowest BCUT2D eigenvalue weighted by molar-refractivity contribution is -0.123. The van der Waals surface area contributed by atoms with Crippen LogP contribution in [0.15, 0.2) is 48.7 Å². The molecule has 1 atom stereocenters. The minimum atomic E-state index is -0.494. The summed E-state index contributed by atoms with van der Waals surface area (Å²) in [4.78, 5) is 28.7. The molecule has 2 aromatic rings. The number of aromatic nitrogens is 1. The van der Waals surface area contributed by atoms with E-state index in [0.29, 0.717) is 11.3 Å². The summed E-state index contributed by atoms with van der Waals surface area (Å²) in [7, 11) is 0. The van der Waals surface area contributed by atoms with Crippen LogP contribution < -0.4 is 10.6 Å². The largest absolute Gasteiger partial charge is 0.344 e. The zero-order chi connectivity index (χ0) is 17.7. The molecular weight excluding hydrogens is 302 g/mol. The molecule has 0 saturated heterocycles. The van der Waals surface area contributed by atoms with Gasteiger partial charge in [0.05, 0.1) is 11.7 Å². The fourth-order valence-electron chi connectivity index (χ4n) is 2.04. The van der Waals surface area contributed by atoms with Crippen molar-refractivity contribution in [3.05, 3.63) is 59.9 Å². The molecule has 0 fully saturated rings. The lowest BCUT2D eigenvalue weighted by atomic mass is 9.95. The summed E-state index contributed by atoms with van der Waals surface area (Å²) in [6.07, 6.45) is 1.70. The summed E-state index contributed by atoms with van der Waals surface area (Å²) in [5.41, 5.74) is 1.40. The fourth-order valence-corrected chi connectivity index (χ4v) is 2.04. The van der Waals surface area contributed by atoms with Crippen molar-refractivity contribution in [2.45, 2.75) is 33.7 Å². The first kappa shape index (κ1) is 17.7. The van der Waals surface area contributed by atoms with Crippen LogP contribution in [0.25, 0.3) is 0 Å². The number of hydrogen-bond acceptors (Lipinski definition) is 3. The number of hydrogen-bond donors (Lipinski definition) is 2. The molecule has 0 aliphatic rings. The Morgan fingerprint density at radius 2 is 1.83 bits per heavy atom. The van der Waals surface area contributed by atoms with Crippen LogP contribution in [-0.4, -0.2) is 16.8 Å². The molecule has 0 aliphatic heterocycles. The molecule has 0 bridgehead atoms. The molecule has 0 radical (unpaired) electrons. The lowest BCUT2D eigenvalue weighted by Gasteiger charge is -2.18. The number of carbonyl (C=O) groups excluding carboxylic acids is 2. The van der Waals surface area contributed by atoms with Crippen LogP contribution in [-0.2, 0) is 4.79 Å². The highest BCUT2D eigenvalue weighted by Gasteiger charge is 2.21. The molecule has 0 aliphatic carbocycles. The number of carbonyl (C=O) groups is 2. The first-order valence-corrected chi connectivity index (χ1v) is 7.90. The SMILES string of the molecule is CC(NC(=O)c1cccc(NC(=O)C(C)(C)C)c1)c1ccccn1. The van der Waals surface area contributed by atoms with Crippen molar-refractivity contribution in [2.24, 2.45) is 5.41 Å². The molecule has 2 amide bonds. The van der Waals surface area contributed by atoms with Crippen molar-refractivity contribution in [2.75, 3.05) is 5.32 Å². The molecule has 0 saturated carbocycles. The van der Waals surface area contributed by atoms with Gasteiger partial charge in [0.1, 0.15) is 0 Å². The van der Waals surface area contributed by atoms with Crippen molar-refractivity contribution in [3.8, 4) is 0 Å². The Bertz CT molecular complexity index is 721. The molecule has 1 heterocycles. The standard InChI is InChI=1S/C19H23N3O2/c1-13(16-10-5-6-11-20-16)21-17(23)14-8-7-9-15(12-14)22-18(24)19(2,3)4/h5-13H,1-4H3,(H,21,23)(H,22,24). The van der Waals surface area contributed by atoms with E-state index in [1.165, 1.54) is 0 Å². The van der Waals surface area contributed by atoms with Gasteiger partial charge in [-0.15, -0.1) is 0 Å². The van der Waals surface area contributed by atoms with E-state index in [4.69, 9.17) is 0 Å². The van der Waals surface area contributed by atoms with Crippen LogP contribution in [0.4, 0.5) is 5.69 Å². The quantitative estimate of drug-likeness (QED) is 0.903. The van der Waals surface area contributed by atoms with Gasteiger partial charge in [0.25, 0.3) is 5.91 Å². The predicted octanol–water partition coefficient (Wildman–Crippen LogP) is 3.56. The van der Waals surface area contributed by atoms with Crippen molar-refractivity contribution in [3.63, 3.8) is 0 Å². The molecule has 1 unspecified atom stereocenters. The third-order valence-corrected chi connectivity index (χ3v) is 3.54. The van der Waals surface area contributed by atoms with Crippen molar-refractivity contribution in [1.29, 1.82) is 0 Å². The molecule has 1 aromatic heterocycles. The van der Waals surface area contributed by atoms with E-state index >= 15 is 0 Å². The Kier molecular flexibility index (Phi) is 5.34. The van der Waals surface area contributed by atoms with Crippen LogP contribution in [0.2, 0.25) is 0 Å². The molecular formula is C19H23N3O2. The zero-order valence-corrected chi connectivity index (χ0v) is 14.5. The van der Waals surface area contributed by atoms with E-state index in [1.807, 2.05) is 45.9 Å². The van der Waals surface area contributed by atoms with Gasteiger partial charge in [0.15, 0.2) is 0 Å². The molecule has 2 rings (SSSR count). The van der Waals surface area contributed by atoms with Gasteiger partial charge in [-0.1, -0.05) is 32.9 Å². The number of pyridine rings is 1. The second-order valence-corrected chi connectivity index (χ2v) is 6.73. The monoisotopic (exact) mass is 325 g/mol. The topological polar surface area (TPSA) is 71.1 Å². The van der Waals surface area contributed by atoms with E-state index in [0.717, 1.165) is 5.69 Å². The van der Waals surface area contributed by atoms with E-state index in [9.17, 15) is 9.59 Å². The first-order chi connectivity index (χ1) is 11.3. The molecule has 24 heavy (non-hydrogen) atoms. The highest BCUT2D eigenvalue weighted by molar-refractivity contribution is 5.98. The van der Waals surface area contributed by atoms with Crippen LogP contribution in [0.5, 0.6) is 0 Å². The Hall–Kier alpha value is -2.69. The molecule has 5 heteroatoms. The fraction of sp³-hybridized carbons (Fsp3) is 0.316. The third-order valence-electron chi connectivity index (χ3n) is 3.54. The van der Waals surface area contributed by atoms with Crippen LogP contribution >= 0.6 is 0 Å². The van der Waals surface area contributed by atoms with Gasteiger partial charge in [-0.3, -0.25) is 14.6 Å². The number of anilines is 1. The number of nitrogens with one attached hydrogen (secondary N) is 2. The maximum atomic E-state index is 12.4. The summed E-state index contributed by atoms with van der Waals surface area (Å²) in [6.45, 7) is 7.40. The van der Waals surface area contributed by atoms with Gasteiger partial charge in [-0.05, 0) is 37.3 Å². The molecule has 126 valence electrons. The minimum absolute atomic E-state index is 0.0955. The van der Waals surface area contributed by atoms with Gasteiger partial charge in [-0.2, -0.15) is 0 Å². The van der Waals surface area contributed by atoms with E-state index in [-0.39, 0.29) is 17.9 Å². The average Bonchev–Trinajstić information content (AvgIpc) is 2.55. The minimum Gasteiger partial charge on any atom is -0.344 e. The molecule has 1 aromatic carbocycles. The second-order valence-electron chi connectivity index (χ2n) is 6.73. The maximum absolute atomic E-state index is 12.4. The molecule has 0 spiro atoms. The Morgan fingerprint density at radius 3 is 2.46 bits per heavy atom. The first-order valence-electron chi connectivity index (χ1n) is 7.90. The Morgan fingerprint density at radius 1 is 1.08 bits per heavy atom. The number of nitrogens with zero attached hydrogens (tertiary/aromatic N) is 1. The maximum Gasteiger partial charge on any atom is 0.251 e. The molecule has 2 N–H and O–H groups in total. The van der Waals surface area contributed by atoms with Gasteiger partial charge in [-0.25, -0.2) is 0 Å². The summed E-state index contributed by atoms with van der Waals surface area (Å²) < 4.78 is 0. The summed E-state index contributed by atoms with van der Waals surface area (Å²) in [6, 6.07) is 12.3. The van der Waals surface area contributed by atoms with Crippen molar-refractivity contribution >= 4 is 17.5 Å². The number of rotatable bonds is 4. The highest BCUT2D eigenvalue weighted by Crippen LogP contribution is 2.18. The van der Waals surface area contributed by atoms with E-state index < -0.39 is 5.41 Å². The van der Waals surface area contributed by atoms with Crippen molar-refractivity contribution < 1.29 is 9.59 Å². The van der Waals surface area contributed by atoms with Crippen molar-refractivity contribution in [1.82, 2.24) is 10.3 Å². The van der Waals surface area contributed by atoms with Crippen LogP contribution in [0.3, 0.4) is 0 Å². The third kappa shape index (κ3) is 4.65. The zero-order valence-electron chi connectivity index (χ0n) is 14.5. The Labute approximate surface area is 142 Å². The molecule has 5 nitrogen and oxygen atoms in total.